The van der Waals surface area contributed by atoms with E-state index in [9.17, 15) is 8.42 Å². The lowest BCUT2D eigenvalue weighted by Crippen LogP contribution is -2.41. The van der Waals surface area contributed by atoms with Gasteiger partial charge < -0.3 is 4.90 Å². The summed E-state index contributed by atoms with van der Waals surface area (Å²) in [4.78, 5) is 2.65. The van der Waals surface area contributed by atoms with Crippen molar-refractivity contribution >= 4 is 10.0 Å². The molecule has 0 bridgehead atoms. The summed E-state index contributed by atoms with van der Waals surface area (Å²) in [5, 5.41) is 9.35. The van der Waals surface area contributed by atoms with Crippen LogP contribution in [0, 0.1) is 5.92 Å². The van der Waals surface area contributed by atoms with Gasteiger partial charge in [0.1, 0.15) is 4.90 Å². The molecule has 1 aliphatic heterocycles. The SMILES string of the molecule is NS(=O)(=O)c1cnn(CCc2ccc3c(c2)C(Cc2ccccc2)C(CN2CCC2)C3)c1. The summed E-state index contributed by atoms with van der Waals surface area (Å²) >= 11 is 0. The Hall–Kier alpha value is -2.48. The zero-order valence-electron chi connectivity index (χ0n) is 18.2. The minimum absolute atomic E-state index is 0.0585. The van der Waals surface area contributed by atoms with Crippen LogP contribution in [-0.2, 0) is 35.8 Å². The number of likely N-dealkylation sites (tertiary alicyclic amines) is 1. The Morgan fingerprint density at radius 3 is 2.56 bits per heavy atom. The summed E-state index contributed by atoms with van der Waals surface area (Å²) in [6, 6.07) is 17.7. The number of hydrogen-bond acceptors (Lipinski definition) is 4. The summed E-state index contributed by atoms with van der Waals surface area (Å²) in [6.45, 7) is 4.28. The first kappa shape index (κ1) is 21.4. The Bertz CT molecular complexity index is 1190. The fraction of sp³-hybridized carbons (Fsp3) is 0.400. The largest absolute Gasteiger partial charge is 0.303 e. The van der Waals surface area contributed by atoms with Gasteiger partial charge in [0.15, 0.2) is 0 Å². The second-order valence-electron chi connectivity index (χ2n) is 9.18. The predicted molar refractivity (Wildman–Crippen MR) is 125 cm³/mol. The van der Waals surface area contributed by atoms with Gasteiger partial charge in [-0.15, -0.1) is 0 Å². The Labute approximate surface area is 190 Å². The maximum atomic E-state index is 11.5. The lowest BCUT2D eigenvalue weighted by molar-refractivity contribution is 0.145. The molecule has 7 heteroatoms. The normalized spacial score (nSPS) is 20.8. The molecule has 2 aromatic carbocycles. The van der Waals surface area contributed by atoms with Crippen molar-refractivity contribution in [2.24, 2.45) is 11.1 Å². The van der Waals surface area contributed by atoms with Crippen molar-refractivity contribution in [1.29, 1.82) is 0 Å². The number of aryl methyl sites for hydroxylation is 2. The summed E-state index contributed by atoms with van der Waals surface area (Å²) < 4.78 is 24.6. The van der Waals surface area contributed by atoms with E-state index in [4.69, 9.17) is 5.14 Å². The third kappa shape index (κ3) is 4.65. The second-order valence-corrected chi connectivity index (χ2v) is 10.7. The minimum atomic E-state index is -3.71. The van der Waals surface area contributed by atoms with Crippen LogP contribution in [0.3, 0.4) is 0 Å². The molecule has 2 unspecified atom stereocenters. The van der Waals surface area contributed by atoms with Crippen LogP contribution in [0.1, 0.15) is 34.6 Å². The number of sulfonamides is 1. The van der Waals surface area contributed by atoms with Crippen LogP contribution >= 0.6 is 0 Å². The third-order valence-electron chi connectivity index (χ3n) is 6.97. The molecule has 168 valence electrons. The molecule has 2 N–H and O–H groups in total. The molecule has 6 nitrogen and oxygen atoms in total. The molecule has 0 spiro atoms. The van der Waals surface area contributed by atoms with E-state index >= 15 is 0 Å². The van der Waals surface area contributed by atoms with Gasteiger partial charge in [-0.3, -0.25) is 4.68 Å². The molecule has 0 saturated carbocycles. The molecule has 2 aliphatic rings. The van der Waals surface area contributed by atoms with Gasteiger partial charge in [0, 0.05) is 19.3 Å². The summed E-state index contributed by atoms with van der Waals surface area (Å²) in [5.74, 6) is 1.19. The Morgan fingerprint density at radius 1 is 1.06 bits per heavy atom. The van der Waals surface area contributed by atoms with Crippen molar-refractivity contribution in [3.63, 3.8) is 0 Å². The lowest BCUT2D eigenvalue weighted by Gasteiger charge is -2.35. The van der Waals surface area contributed by atoms with Crippen LogP contribution in [0.2, 0.25) is 0 Å². The maximum Gasteiger partial charge on any atom is 0.241 e. The number of nitrogens with zero attached hydrogens (tertiary/aromatic N) is 3. The van der Waals surface area contributed by atoms with Crippen molar-refractivity contribution in [2.75, 3.05) is 19.6 Å². The lowest BCUT2D eigenvalue weighted by atomic mass is 9.85. The number of primary sulfonamides is 1. The first-order valence-corrected chi connectivity index (χ1v) is 12.9. The zero-order chi connectivity index (χ0) is 22.1. The van der Waals surface area contributed by atoms with Crippen LogP contribution in [0.15, 0.2) is 65.8 Å². The quantitative estimate of drug-likeness (QED) is 0.572. The average molecular weight is 451 g/mol. The maximum absolute atomic E-state index is 11.5. The zero-order valence-corrected chi connectivity index (χ0v) is 19.0. The highest BCUT2D eigenvalue weighted by Crippen LogP contribution is 2.41. The number of aromatic nitrogens is 2. The van der Waals surface area contributed by atoms with E-state index in [0.717, 1.165) is 19.3 Å². The second kappa shape index (κ2) is 8.81. The monoisotopic (exact) mass is 450 g/mol. The fourth-order valence-corrected chi connectivity index (χ4v) is 5.56. The van der Waals surface area contributed by atoms with Gasteiger partial charge in [0.25, 0.3) is 0 Å². The van der Waals surface area contributed by atoms with E-state index in [1.165, 1.54) is 60.7 Å². The van der Waals surface area contributed by atoms with Crippen LogP contribution in [0.4, 0.5) is 0 Å². The molecular formula is C25H30N4O2S. The smallest absolute Gasteiger partial charge is 0.241 e. The van der Waals surface area contributed by atoms with Crippen molar-refractivity contribution in [3.05, 3.63) is 83.2 Å². The molecular weight excluding hydrogens is 420 g/mol. The standard InChI is InChI=1S/C25H30N4O2S/c26-32(30,31)23-16-27-29(18-23)12-9-20-7-8-21-15-22(17-28-10-4-11-28)25(24(21)14-20)13-19-5-2-1-3-6-19/h1-3,5-8,14,16,18,22,25H,4,9-13,15,17H2,(H2,26,30,31). The molecule has 5 rings (SSSR count). The van der Waals surface area contributed by atoms with E-state index in [1.807, 2.05) is 0 Å². The third-order valence-corrected chi connectivity index (χ3v) is 7.84. The molecule has 0 radical (unpaired) electrons. The molecule has 3 aromatic rings. The molecule has 0 amide bonds. The van der Waals surface area contributed by atoms with E-state index in [-0.39, 0.29) is 4.90 Å². The van der Waals surface area contributed by atoms with Crippen molar-refractivity contribution in [2.45, 2.75) is 43.0 Å². The van der Waals surface area contributed by atoms with Gasteiger partial charge in [-0.25, -0.2) is 13.6 Å². The topological polar surface area (TPSA) is 81.2 Å². The van der Waals surface area contributed by atoms with Crippen LogP contribution < -0.4 is 5.14 Å². The highest BCUT2D eigenvalue weighted by molar-refractivity contribution is 7.89. The highest BCUT2D eigenvalue weighted by Gasteiger charge is 2.34. The van der Waals surface area contributed by atoms with Crippen LogP contribution in [0.25, 0.3) is 0 Å². The molecule has 1 fully saturated rings. The predicted octanol–water partition coefficient (Wildman–Crippen LogP) is 2.98. The molecule has 2 heterocycles. The number of benzene rings is 2. The number of hydrogen-bond donors (Lipinski definition) is 1. The molecule has 1 saturated heterocycles. The van der Waals surface area contributed by atoms with Crippen molar-refractivity contribution < 1.29 is 8.42 Å². The first-order chi connectivity index (χ1) is 15.5. The Balaban J connectivity index is 1.34. The van der Waals surface area contributed by atoms with E-state index in [2.05, 4.69) is 58.5 Å². The Kier molecular flexibility index (Phi) is 5.88. The van der Waals surface area contributed by atoms with Crippen LogP contribution in [-0.4, -0.2) is 42.7 Å². The Morgan fingerprint density at radius 2 is 1.88 bits per heavy atom. The van der Waals surface area contributed by atoms with Crippen LogP contribution in [0.5, 0.6) is 0 Å². The number of nitrogens with two attached hydrogens (primary N) is 1. The molecule has 32 heavy (non-hydrogen) atoms. The average Bonchev–Trinajstić information content (AvgIpc) is 3.35. The van der Waals surface area contributed by atoms with Crippen molar-refractivity contribution in [3.8, 4) is 0 Å². The summed E-state index contributed by atoms with van der Waals surface area (Å²) in [6.07, 6.45) is 7.17. The van der Waals surface area contributed by atoms with E-state index in [1.54, 1.807) is 4.68 Å². The van der Waals surface area contributed by atoms with Gasteiger partial charge in [-0.1, -0.05) is 48.5 Å². The molecule has 1 aliphatic carbocycles. The van der Waals surface area contributed by atoms with Gasteiger partial charge in [0.05, 0.1) is 6.20 Å². The molecule has 2 atom stereocenters. The number of fused-ring (bicyclic) bond motifs is 1. The van der Waals surface area contributed by atoms with Gasteiger partial charge in [-0.2, -0.15) is 5.10 Å². The van der Waals surface area contributed by atoms with E-state index in [0.29, 0.717) is 18.4 Å². The van der Waals surface area contributed by atoms with E-state index < -0.39 is 10.0 Å². The summed E-state index contributed by atoms with van der Waals surface area (Å²) in [5.41, 5.74) is 5.63. The highest BCUT2D eigenvalue weighted by atomic mass is 32.2. The van der Waals surface area contributed by atoms with Gasteiger partial charge in [-0.05, 0) is 72.9 Å². The number of rotatable bonds is 8. The van der Waals surface area contributed by atoms with Crippen molar-refractivity contribution in [1.82, 2.24) is 14.7 Å². The van der Waals surface area contributed by atoms with Gasteiger partial charge in [0.2, 0.25) is 10.0 Å². The fourth-order valence-electron chi connectivity index (χ4n) is 5.10. The van der Waals surface area contributed by atoms with Gasteiger partial charge >= 0.3 is 0 Å². The molecule has 1 aromatic heterocycles. The summed E-state index contributed by atoms with van der Waals surface area (Å²) in [7, 11) is -3.71. The first-order valence-electron chi connectivity index (χ1n) is 11.4. The minimum Gasteiger partial charge on any atom is -0.303 e.